The zero-order valence-corrected chi connectivity index (χ0v) is 7.34. The molecule has 1 nitrogen and oxygen atoms in total. The topological polar surface area (TPSA) is 12.0 Å². The second-order valence-electron chi connectivity index (χ2n) is 4.05. The van der Waals surface area contributed by atoms with Crippen LogP contribution in [0.2, 0.25) is 0 Å². The maximum absolute atomic E-state index is 3.49. The Kier molecular flexibility index (Phi) is 2.26. The van der Waals surface area contributed by atoms with Crippen molar-refractivity contribution in [3.63, 3.8) is 0 Å². The highest BCUT2D eigenvalue weighted by Gasteiger charge is 2.37. The van der Waals surface area contributed by atoms with Gasteiger partial charge in [0.15, 0.2) is 0 Å². The van der Waals surface area contributed by atoms with E-state index in [0.29, 0.717) is 5.41 Å². The van der Waals surface area contributed by atoms with Gasteiger partial charge in [0.1, 0.15) is 0 Å². The molecule has 0 aromatic carbocycles. The van der Waals surface area contributed by atoms with Crippen molar-refractivity contribution in [2.24, 2.45) is 11.3 Å². The van der Waals surface area contributed by atoms with E-state index in [-0.39, 0.29) is 12.4 Å². The zero-order chi connectivity index (χ0) is 6.32. The molecule has 2 rings (SSSR count). The van der Waals surface area contributed by atoms with Gasteiger partial charge in [-0.2, -0.15) is 0 Å². The van der Waals surface area contributed by atoms with Crippen molar-refractivity contribution < 1.29 is 0 Å². The highest BCUT2D eigenvalue weighted by atomic mass is 35.5. The van der Waals surface area contributed by atoms with E-state index in [1.165, 1.54) is 32.4 Å². The van der Waals surface area contributed by atoms with E-state index in [1.807, 2.05) is 0 Å². The lowest BCUT2D eigenvalue weighted by molar-refractivity contribution is 0.258. The molecule has 1 N–H and O–H groups in total. The third kappa shape index (κ3) is 1.30. The fraction of sp³-hybridized carbons (Fsp3) is 1.00. The van der Waals surface area contributed by atoms with Gasteiger partial charge in [0.2, 0.25) is 0 Å². The van der Waals surface area contributed by atoms with E-state index >= 15 is 0 Å². The van der Waals surface area contributed by atoms with Crippen molar-refractivity contribution in [1.82, 2.24) is 5.32 Å². The second kappa shape index (κ2) is 2.71. The van der Waals surface area contributed by atoms with Crippen LogP contribution >= 0.6 is 12.4 Å². The SMILES string of the molecule is CC12CCC(CNC1)C2.Cl. The molecule has 0 spiro atoms. The van der Waals surface area contributed by atoms with Gasteiger partial charge in [-0.3, -0.25) is 0 Å². The molecule has 2 atom stereocenters. The van der Waals surface area contributed by atoms with Crippen LogP contribution in [0.15, 0.2) is 0 Å². The fourth-order valence-corrected chi connectivity index (χ4v) is 2.37. The minimum atomic E-state index is 0. The van der Waals surface area contributed by atoms with Crippen LogP contribution in [0.5, 0.6) is 0 Å². The summed E-state index contributed by atoms with van der Waals surface area (Å²) in [6, 6.07) is 0. The van der Waals surface area contributed by atoms with Crippen LogP contribution in [0, 0.1) is 11.3 Å². The van der Waals surface area contributed by atoms with Gasteiger partial charge in [-0.05, 0) is 37.1 Å². The lowest BCUT2D eigenvalue weighted by atomic mass is 9.85. The minimum absolute atomic E-state index is 0. The molecule has 2 unspecified atom stereocenters. The molecule has 2 aliphatic rings. The summed E-state index contributed by atoms with van der Waals surface area (Å²) in [7, 11) is 0. The molecule has 0 amide bonds. The number of nitrogens with one attached hydrogen (secondary N) is 1. The molecule has 60 valence electrons. The summed E-state index contributed by atoms with van der Waals surface area (Å²) in [4.78, 5) is 0. The van der Waals surface area contributed by atoms with Crippen LogP contribution in [0.1, 0.15) is 26.2 Å². The van der Waals surface area contributed by atoms with Gasteiger partial charge in [-0.15, -0.1) is 12.4 Å². The van der Waals surface area contributed by atoms with Crippen LogP contribution in [-0.2, 0) is 0 Å². The molecular formula is C8H16ClN. The average Bonchev–Trinajstić information content (AvgIpc) is 2.07. The molecule has 10 heavy (non-hydrogen) atoms. The smallest absolute Gasteiger partial charge is 0.000539 e. The van der Waals surface area contributed by atoms with Crippen molar-refractivity contribution in [3.05, 3.63) is 0 Å². The molecule has 1 aliphatic carbocycles. The molecule has 0 aromatic rings. The van der Waals surface area contributed by atoms with Crippen LogP contribution in [0.4, 0.5) is 0 Å². The highest BCUT2D eigenvalue weighted by molar-refractivity contribution is 5.85. The third-order valence-corrected chi connectivity index (χ3v) is 2.92. The van der Waals surface area contributed by atoms with E-state index < -0.39 is 0 Å². The van der Waals surface area contributed by atoms with Crippen LogP contribution < -0.4 is 5.32 Å². The first-order valence-corrected chi connectivity index (χ1v) is 3.99. The monoisotopic (exact) mass is 161 g/mol. The number of piperidine rings is 1. The van der Waals surface area contributed by atoms with E-state index in [1.54, 1.807) is 0 Å². The third-order valence-electron chi connectivity index (χ3n) is 2.92. The van der Waals surface area contributed by atoms with Crippen molar-refractivity contribution in [1.29, 1.82) is 0 Å². The molecule has 2 heteroatoms. The van der Waals surface area contributed by atoms with Crippen molar-refractivity contribution >= 4 is 12.4 Å². The zero-order valence-electron chi connectivity index (χ0n) is 6.52. The summed E-state index contributed by atoms with van der Waals surface area (Å²) in [5.74, 6) is 1.02. The summed E-state index contributed by atoms with van der Waals surface area (Å²) in [6.45, 7) is 4.97. The Morgan fingerprint density at radius 3 is 2.90 bits per heavy atom. The van der Waals surface area contributed by atoms with E-state index in [4.69, 9.17) is 0 Å². The number of rotatable bonds is 0. The Morgan fingerprint density at radius 2 is 2.30 bits per heavy atom. The number of halogens is 1. The Bertz CT molecular complexity index is 122. The summed E-state index contributed by atoms with van der Waals surface area (Å²) >= 11 is 0. The first-order valence-electron chi connectivity index (χ1n) is 3.99. The predicted octanol–water partition coefficient (Wildman–Crippen LogP) is 1.82. The summed E-state index contributed by atoms with van der Waals surface area (Å²) in [5.41, 5.74) is 0.683. The minimum Gasteiger partial charge on any atom is -0.316 e. The van der Waals surface area contributed by atoms with Crippen molar-refractivity contribution in [2.45, 2.75) is 26.2 Å². The predicted molar refractivity (Wildman–Crippen MR) is 45.6 cm³/mol. The van der Waals surface area contributed by atoms with E-state index in [0.717, 1.165) is 5.92 Å². The van der Waals surface area contributed by atoms with Crippen molar-refractivity contribution in [3.8, 4) is 0 Å². The van der Waals surface area contributed by atoms with Gasteiger partial charge in [-0.25, -0.2) is 0 Å². The molecule has 1 heterocycles. The van der Waals surface area contributed by atoms with Gasteiger partial charge in [0.25, 0.3) is 0 Å². The maximum atomic E-state index is 3.49. The number of hydrogen-bond acceptors (Lipinski definition) is 1. The second-order valence-corrected chi connectivity index (χ2v) is 4.05. The number of hydrogen-bond donors (Lipinski definition) is 1. The van der Waals surface area contributed by atoms with E-state index in [9.17, 15) is 0 Å². The molecule has 2 fully saturated rings. The largest absolute Gasteiger partial charge is 0.316 e. The molecule has 0 aromatic heterocycles. The molecule has 1 saturated heterocycles. The van der Waals surface area contributed by atoms with Gasteiger partial charge in [-0.1, -0.05) is 6.92 Å². The maximum Gasteiger partial charge on any atom is 0.000539 e. The molecule has 1 saturated carbocycles. The lowest BCUT2D eigenvalue weighted by Gasteiger charge is -2.29. The van der Waals surface area contributed by atoms with Crippen LogP contribution in [0.25, 0.3) is 0 Å². The lowest BCUT2D eigenvalue weighted by Crippen LogP contribution is -2.36. The molecule has 1 aliphatic heterocycles. The standard InChI is InChI=1S/C8H15N.ClH/c1-8-3-2-7(4-8)5-9-6-8;/h7,9H,2-6H2,1H3;1H. The van der Waals surface area contributed by atoms with Gasteiger partial charge in [0.05, 0.1) is 0 Å². The Morgan fingerprint density at radius 1 is 1.50 bits per heavy atom. The summed E-state index contributed by atoms with van der Waals surface area (Å²) in [6.07, 6.45) is 4.42. The Labute approximate surface area is 69.0 Å². The van der Waals surface area contributed by atoms with Crippen LogP contribution in [0.3, 0.4) is 0 Å². The van der Waals surface area contributed by atoms with Crippen LogP contribution in [-0.4, -0.2) is 13.1 Å². The highest BCUT2D eigenvalue weighted by Crippen LogP contribution is 2.42. The first-order chi connectivity index (χ1) is 4.29. The molecule has 0 radical (unpaired) electrons. The van der Waals surface area contributed by atoms with Gasteiger partial charge >= 0.3 is 0 Å². The average molecular weight is 162 g/mol. The Balaban J connectivity index is 0.000000500. The molecular weight excluding hydrogens is 146 g/mol. The van der Waals surface area contributed by atoms with Gasteiger partial charge < -0.3 is 5.32 Å². The summed E-state index contributed by atoms with van der Waals surface area (Å²) in [5, 5.41) is 3.49. The fourth-order valence-electron chi connectivity index (χ4n) is 2.37. The quantitative estimate of drug-likeness (QED) is 0.572. The normalized spacial score (nSPS) is 44.7. The van der Waals surface area contributed by atoms with E-state index in [2.05, 4.69) is 12.2 Å². The summed E-state index contributed by atoms with van der Waals surface area (Å²) < 4.78 is 0. The molecule has 2 bridgehead atoms. The number of fused-ring (bicyclic) bond motifs is 2. The van der Waals surface area contributed by atoms with Crippen molar-refractivity contribution in [2.75, 3.05) is 13.1 Å². The first kappa shape index (κ1) is 8.35. The van der Waals surface area contributed by atoms with Gasteiger partial charge in [0, 0.05) is 6.54 Å². The Hall–Kier alpha value is 0.250.